The molecule has 1 heterocycles. The topological polar surface area (TPSA) is 42.2 Å². The molecule has 1 aliphatic carbocycles. The van der Waals surface area contributed by atoms with Crippen LogP contribution in [-0.4, -0.2) is 23.5 Å². The molecular formula is C13H21N3. The molecule has 1 fully saturated rings. The molecule has 2 rings (SSSR count). The predicted octanol–water partition coefficient (Wildman–Crippen LogP) is 1.77. The van der Waals surface area contributed by atoms with Crippen LogP contribution in [0.1, 0.15) is 30.5 Å². The maximum Gasteiger partial charge on any atom is 0.0542 e. The third-order valence-electron chi connectivity index (χ3n) is 3.34. The van der Waals surface area contributed by atoms with E-state index in [1.165, 1.54) is 31.4 Å². The molecule has 0 saturated heterocycles. The molecule has 3 nitrogen and oxygen atoms in total. The molecular weight excluding hydrogens is 198 g/mol. The van der Waals surface area contributed by atoms with Crippen LogP contribution in [0, 0.1) is 5.92 Å². The van der Waals surface area contributed by atoms with Crippen molar-refractivity contribution < 1.29 is 0 Å². The van der Waals surface area contributed by atoms with E-state index in [1.54, 1.807) is 0 Å². The fourth-order valence-electron chi connectivity index (χ4n) is 2.23. The first-order chi connectivity index (χ1) is 7.78. The van der Waals surface area contributed by atoms with Gasteiger partial charge in [0, 0.05) is 25.8 Å². The summed E-state index contributed by atoms with van der Waals surface area (Å²) >= 11 is 0. The minimum Gasteiger partial charge on any atom is -0.325 e. The van der Waals surface area contributed by atoms with Gasteiger partial charge in [0.2, 0.25) is 0 Å². The first kappa shape index (κ1) is 11.6. The number of hydrogen-bond donors (Lipinski definition) is 1. The van der Waals surface area contributed by atoms with Gasteiger partial charge in [-0.3, -0.25) is 4.98 Å². The molecule has 0 amide bonds. The van der Waals surface area contributed by atoms with Crippen molar-refractivity contribution in [1.29, 1.82) is 0 Å². The van der Waals surface area contributed by atoms with Crippen LogP contribution < -0.4 is 5.73 Å². The monoisotopic (exact) mass is 219 g/mol. The lowest BCUT2D eigenvalue weighted by atomic mass is 9.85. The van der Waals surface area contributed by atoms with Crippen LogP contribution in [0.25, 0.3) is 0 Å². The molecule has 0 aliphatic heterocycles. The second-order valence-corrected chi connectivity index (χ2v) is 4.85. The van der Waals surface area contributed by atoms with Gasteiger partial charge in [-0.05, 0) is 43.5 Å². The minimum absolute atomic E-state index is 0.528. The Hall–Kier alpha value is -0.930. The van der Waals surface area contributed by atoms with Crippen LogP contribution in [0.15, 0.2) is 18.3 Å². The van der Waals surface area contributed by atoms with Gasteiger partial charge in [-0.15, -0.1) is 0 Å². The van der Waals surface area contributed by atoms with Crippen LogP contribution in [0.5, 0.6) is 0 Å². The summed E-state index contributed by atoms with van der Waals surface area (Å²) in [6.07, 6.45) is 6.10. The largest absolute Gasteiger partial charge is 0.325 e. The Balaban J connectivity index is 1.86. The zero-order valence-corrected chi connectivity index (χ0v) is 10.0. The fourth-order valence-corrected chi connectivity index (χ4v) is 2.23. The summed E-state index contributed by atoms with van der Waals surface area (Å²) < 4.78 is 0. The third kappa shape index (κ3) is 3.03. The lowest BCUT2D eigenvalue weighted by Crippen LogP contribution is -2.29. The van der Waals surface area contributed by atoms with Crippen molar-refractivity contribution >= 4 is 0 Å². The van der Waals surface area contributed by atoms with E-state index in [0.29, 0.717) is 6.54 Å². The van der Waals surface area contributed by atoms with Gasteiger partial charge in [-0.2, -0.15) is 0 Å². The molecule has 0 unspecified atom stereocenters. The first-order valence-corrected chi connectivity index (χ1v) is 6.10. The predicted molar refractivity (Wildman–Crippen MR) is 65.8 cm³/mol. The van der Waals surface area contributed by atoms with Crippen molar-refractivity contribution in [2.45, 2.75) is 32.4 Å². The van der Waals surface area contributed by atoms with Crippen molar-refractivity contribution in [3.05, 3.63) is 29.6 Å². The van der Waals surface area contributed by atoms with Gasteiger partial charge in [-0.25, -0.2) is 0 Å². The molecule has 1 aliphatic rings. The molecule has 16 heavy (non-hydrogen) atoms. The van der Waals surface area contributed by atoms with E-state index in [9.17, 15) is 0 Å². The Labute approximate surface area is 97.7 Å². The van der Waals surface area contributed by atoms with Crippen molar-refractivity contribution in [3.63, 3.8) is 0 Å². The SMILES string of the molecule is CN(Cc1ccnc(CN)c1)CC1CCC1. The van der Waals surface area contributed by atoms with E-state index in [-0.39, 0.29) is 0 Å². The van der Waals surface area contributed by atoms with E-state index >= 15 is 0 Å². The van der Waals surface area contributed by atoms with E-state index in [1.807, 2.05) is 6.20 Å². The zero-order chi connectivity index (χ0) is 11.4. The average molecular weight is 219 g/mol. The van der Waals surface area contributed by atoms with Gasteiger partial charge in [0.25, 0.3) is 0 Å². The highest BCUT2D eigenvalue weighted by atomic mass is 15.1. The minimum atomic E-state index is 0.528. The molecule has 88 valence electrons. The Kier molecular flexibility index (Phi) is 3.91. The van der Waals surface area contributed by atoms with Crippen molar-refractivity contribution in [1.82, 2.24) is 9.88 Å². The maximum atomic E-state index is 5.58. The molecule has 0 atom stereocenters. The summed E-state index contributed by atoms with van der Waals surface area (Å²) in [6, 6.07) is 4.19. The van der Waals surface area contributed by atoms with Gasteiger partial charge in [0.05, 0.1) is 5.69 Å². The van der Waals surface area contributed by atoms with Crippen LogP contribution in [0.3, 0.4) is 0 Å². The number of pyridine rings is 1. The lowest BCUT2D eigenvalue weighted by Gasteiger charge is -2.30. The molecule has 3 heteroatoms. The van der Waals surface area contributed by atoms with Gasteiger partial charge in [0.1, 0.15) is 0 Å². The van der Waals surface area contributed by atoms with Crippen LogP contribution >= 0.6 is 0 Å². The standard InChI is InChI=1S/C13H21N3/c1-16(9-11-3-2-4-11)10-12-5-6-15-13(7-12)8-14/h5-7,11H,2-4,8-10,14H2,1H3. The molecule has 1 saturated carbocycles. The van der Waals surface area contributed by atoms with Crippen molar-refractivity contribution in [3.8, 4) is 0 Å². The van der Waals surface area contributed by atoms with Gasteiger partial charge in [-0.1, -0.05) is 6.42 Å². The second kappa shape index (κ2) is 5.41. The maximum absolute atomic E-state index is 5.58. The first-order valence-electron chi connectivity index (χ1n) is 6.10. The number of hydrogen-bond acceptors (Lipinski definition) is 3. The molecule has 0 bridgehead atoms. The Morgan fingerprint density at radius 2 is 2.31 bits per heavy atom. The molecule has 1 aromatic rings. The van der Waals surface area contributed by atoms with Gasteiger partial charge in [0.15, 0.2) is 0 Å². The average Bonchev–Trinajstić information content (AvgIpc) is 2.24. The van der Waals surface area contributed by atoms with E-state index in [4.69, 9.17) is 5.73 Å². The van der Waals surface area contributed by atoms with E-state index < -0.39 is 0 Å². The molecule has 1 aromatic heterocycles. The summed E-state index contributed by atoms with van der Waals surface area (Å²) in [5.41, 5.74) is 7.88. The summed E-state index contributed by atoms with van der Waals surface area (Å²) in [4.78, 5) is 6.61. The van der Waals surface area contributed by atoms with Gasteiger partial charge < -0.3 is 10.6 Å². The number of aromatic nitrogens is 1. The summed E-state index contributed by atoms with van der Waals surface area (Å²) in [6.45, 7) is 2.76. The third-order valence-corrected chi connectivity index (χ3v) is 3.34. The number of nitrogens with zero attached hydrogens (tertiary/aromatic N) is 2. The highest BCUT2D eigenvalue weighted by Crippen LogP contribution is 2.27. The quantitative estimate of drug-likeness (QED) is 0.820. The van der Waals surface area contributed by atoms with Crippen LogP contribution in [0.4, 0.5) is 0 Å². The molecule has 2 N–H and O–H groups in total. The normalized spacial score (nSPS) is 16.4. The summed E-state index contributed by atoms with van der Waals surface area (Å²) in [5, 5.41) is 0. The van der Waals surface area contributed by atoms with E-state index in [2.05, 4.69) is 29.1 Å². The Morgan fingerprint density at radius 1 is 1.50 bits per heavy atom. The molecule has 0 aromatic carbocycles. The zero-order valence-electron chi connectivity index (χ0n) is 10.0. The highest BCUT2D eigenvalue weighted by Gasteiger charge is 2.18. The highest BCUT2D eigenvalue weighted by molar-refractivity contribution is 5.16. The lowest BCUT2D eigenvalue weighted by molar-refractivity contribution is 0.200. The van der Waals surface area contributed by atoms with E-state index in [0.717, 1.165) is 18.2 Å². The Bertz CT molecular complexity index is 334. The Morgan fingerprint density at radius 3 is 2.94 bits per heavy atom. The number of nitrogens with two attached hydrogens (primary N) is 1. The smallest absolute Gasteiger partial charge is 0.0542 e. The second-order valence-electron chi connectivity index (χ2n) is 4.85. The van der Waals surface area contributed by atoms with Crippen LogP contribution in [0.2, 0.25) is 0 Å². The van der Waals surface area contributed by atoms with Crippen molar-refractivity contribution in [2.75, 3.05) is 13.6 Å². The molecule has 0 radical (unpaired) electrons. The number of rotatable bonds is 5. The summed E-state index contributed by atoms with van der Waals surface area (Å²) in [7, 11) is 2.20. The summed E-state index contributed by atoms with van der Waals surface area (Å²) in [5.74, 6) is 0.931. The van der Waals surface area contributed by atoms with Crippen LogP contribution in [-0.2, 0) is 13.1 Å². The van der Waals surface area contributed by atoms with Gasteiger partial charge >= 0.3 is 0 Å². The fraction of sp³-hybridized carbons (Fsp3) is 0.615. The van der Waals surface area contributed by atoms with Crippen molar-refractivity contribution in [2.24, 2.45) is 11.7 Å². The molecule has 0 spiro atoms.